The first-order valence-electron chi connectivity index (χ1n) is 5.54. The highest BCUT2D eigenvalue weighted by atomic mass is 19.4. The number of oxime groups is 1. The van der Waals surface area contributed by atoms with Crippen LogP contribution in [0.5, 0.6) is 0 Å². The van der Waals surface area contributed by atoms with E-state index in [4.69, 9.17) is 0 Å². The molecule has 0 unspecified atom stereocenters. The molecule has 1 aromatic rings. The Morgan fingerprint density at radius 3 is 2.38 bits per heavy atom. The second-order valence-corrected chi connectivity index (χ2v) is 3.58. The lowest BCUT2D eigenvalue weighted by atomic mass is 10.1. The Morgan fingerprint density at radius 1 is 1.24 bits per heavy atom. The molecular weight excluding hydrogens is 291 g/mol. The normalized spacial score (nSPS) is 11.7. The number of ether oxygens (including phenoxy) is 1. The van der Waals surface area contributed by atoms with E-state index in [1.54, 1.807) is 0 Å². The lowest BCUT2D eigenvalue weighted by Gasteiger charge is -2.09. The van der Waals surface area contributed by atoms with Gasteiger partial charge >= 0.3 is 18.1 Å². The molecule has 0 aliphatic rings. The molecule has 0 bridgehead atoms. The summed E-state index contributed by atoms with van der Waals surface area (Å²) in [6.07, 6.45) is -4.01. The van der Waals surface area contributed by atoms with Gasteiger partial charge in [-0.25, -0.2) is 9.59 Å². The molecule has 0 heterocycles. The summed E-state index contributed by atoms with van der Waals surface area (Å²) in [7, 11) is 0. The molecule has 0 saturated carbocycles. The van der Waals surface area contributed by atoms with Crippen LogP contribution in [0.1, 0.15) is 5.56 Å². The molecule has 0 aliphatic heterocycles. The minimum absolute atomic E-state index is 0.263. The molecule has 0 spiro atoms. The Morgan fingerprint density at radius 2 is 1.86 bits per heavy atom. The Kier molecular flexibility index (Phi) is 5.65. The van der Waals surface area contributed by atoms with Crippen LogP contribution in [0.15, 0.2) is 48.1 Å². The molecular formula is C13H10F3NO4. The van der Waals surface area contributed by atoms with E-state index in [2.05, 4.69) is 21.3 Å². The zero-order valence-electron chi connectivity index (χ0n) is 10.6. The topological polar surface area (TPSA) is 65.0 Å². The third-order valence-corrected chi connectivity index (χ3v) is 2.05. The Bertz CT molecular complexity index is 552. The molecule has 0 fully saturated rings. The van der Waals surface area contributed by atoms with E-state index in [1.165, 1.54) is 18.2 Å². The smallest absolute Gasteiger partial charge is 0.437 e. The summed E-state index contributed by atoms with van der Waals surface area (Å²) < 4.78 is 42.7. The highest BCUT2D eigenvalue weighted by Crippen LogP contribution is 2.22. The third kappa shape index (κ3) is 5.47. The predicted octanol–water partition coefficient (Wildman–Crippen LogP) is 2.23. The van der Waals surface area contributed by atoms with E-state index in [9.17, 15) is 22.8 Å². The van der Waals surface area contributed by atoms with Crippen molar-refractivity contribution in [2.24, 2.45) is 5.16 Å². The average Bonchev–Trinajstić information content (AvgIpc) is 2.44. The number of nitrogens with zero attached hydrogens (tertiary/aromatic N) is 1. The van der Waals surface area contributed by atoms with Crippen LogP contribution in [0.3, 0.4) is 0 Å². The van der Waals surface area contributed by atoms with E-state index in [0.29, 0.717) is 0 Å². The quantitative estimate of drug-likeness (QED) is 0.275. The molecule has 21 heavy (non-hydrogen) atoms. The third-order valence-electron chi connectivity index (χ3n) is 2.05. The van der Waals surface area contributed by atoms with E-state index >= 15 is 0 Å². The second-order valence-electron chi connectivity index (χ2n) is 3.58. The maximum absolute atomic E-state index is 12.8. The van der Waals surface area contributed by atoms with E-state index in [-0.39, 0.29) is 5.56 Å². The number of halogens is 3. The van der Waals surface area contributed by atoms with Crippen molar-refractivity contribution < 1.29 is 32.3 Å². The molecule has 0 radical (unpaired) electrons. The number of hydrogen-bond acceptors (Lipinski definition) is 5. The molecule has 8 heteroatoms. The minimum Gasteiger partial charge on any atom is -0.450 e. The second kappa shape index (κ2) is 7.22. The Labute approximate surface area is 117 Å². The summed E-state index contributed by atoms with van der Waals surface area (Å²) >= 11 is 0. The van der Waals surface area contributed by atoms with Crippen molar-refractivity contribution in [3.8, 4) is 0 Å². The first-order valence-corrected chi connectivity index (χ1v) is 5.54. The Balaban J connectivity index is 2.79. The number of alkyl halides is 3. The van der Waals surface area contributed by atoms with Crippen molar-refractivity contribution in [1.29, 1.82) is 0 Å². The van der Waals surface area contributed by atoms with Gasteiger partial charge in [0.15, 0.2) is 12.3 Å². The number of carbonyl (C=O) groups excluding carboxylic acids is 2. The van der Waals surface area contributed by atoms with Gasteiger partial charge in [0.2, 0.25) is 0 Å². The van der Waals surface area contributed by atoms with Crippen LogP contribution < -0.4 is 0 Å². The fourth-order valence-electron chi connectivity index (χ4n) is 1.18. The van der Waals surface area contributed by atoms with E-state index in [1.807, 2.05) is 0 Å². The summed E-state index contributed by atoms with van der Waals surface area (Å²) in [6.45, 7) is 2.21. The van der Waals surface area contributed by atoms with Crippen molar-refractivity contribution >= 4 is 17.7 Å². The van der Waals surface area contributed by atoms with Gasteiger partial charge in [-0.15, -0.1) is 0 Å². The predicted molar refractivity (Wildman–Crippen MR) is 66.3 cm³/mol. The van der Waals surface area contributed by atoms with Crippen LogP contribution in [-0.2, 0) is 19.2 Å². The number of benzene rings is 1. The van der Waals surface area contributed by atoms with Crippen molar-refractivity contribution in [1.82, 2.24) is 0 Å². The number of hydrogen-bond donors (Lipinski definition) is 0. The average molecular weight is 301 g/mol. The van der Waals surface area contributed by atoms with Gasteiger partial charge in [0.25, 0.3) is 0 Å². The molecule has 1 rings (SSSR count). The van der Waals surface area contributed by atoms with Crippen LogP contribution in [-0.4, -0.2) is 30.4 Å². The van der Waals surface area contributed by atoms with Gasteiger partial charge in [0, 0.05) is 11.6 Å². The van der Waals surface area contributed by atoms with E-state index < -0.39 is 30.4 Å². The van der Waals surface area contributed by atoms with Gasteiger partial charge in [0.05, 0.1) is 0 Å². The molecule has 0 aliphatic carbocycles. The van der Waals surface area contributed by atoms with Gasteiger partial charge in [-0.1, -0.05) is 42.1 Å². The summed E-state index contributed by atoms with van der Waals surface area (Å²) in [5.41, 5.74) is -1.63. The first kappa shape index (κ1) is 16.4. The molecule has 112 valence electrons. The van der Waals surface area contributed by atoms with Crippen LogP contribution >= 0.6 is 0 Å². The van der Waals surface area contributed by atoms with Crippen molar-refractivity contribution in [3.05, 3.63) is 48.6 Å². The molecule has 0 amide bonds. The number of esters is 1. The lowest BCUT2D eigenvalue weighted by molar-refractivity contribution is -0.156. The molecule has 0 atom stereocenters. The van der Waals surface area contributed by atoms with Crippen molar-refractivity contribution in [2.45, 2.75) is 6.18 Å². The number of carbonyl (C=O) groups is 2. The van der Waals surface area contributed by atoms with Crippen LogP contribution in [0.25, 0.3) is 0 Å². The van der Waals surface area contributed by atoms with Crippen molar-refractivity contribution in [3.63, 3.8) is 0 Å². The first-order chi connectivity index (χ1) is 9.84. The van der Waals surface area contributed by atoms with Gasteiger partial charge < -0.3 is 9.57 Å². The van der Waals surface area contributed by atoms with Crippen LogP contribution in [0.4, 0.5) is 13.2 Å². The maximum Gasteiger partial charge on any atom is 0.437 e. The van der Waals surface area contributed by atoms with Crippen molar-refractivity contribution in [2.75, 3.05) is 6.61 Å². The van der Waals surface area contributed by atoms with Crippen LogP contribution in [0.2, 0.25) is 0 Å². The summed E-state index contributed by atoms with van der Waals surface area (Å²) in [6, 6.07) is 6.61. The zero-order valence-corrected chi connectivity index (χ0v) is 10.6. The fourth-order valence-corrected chi connectivity index (χ4v) is 1.18. The molecule has 5 nitrogen and oxygen atoms in total. The minimum atomic E-state index is -4.81. The summed E-state index contributed by atoms with van der Waals surface area (Å²) in [4.78, 5) is 25.9. The monoisotopic (exact) mass is 301 g/mol. The SMILES string of the molecule is C=CC(=O)OCC(=O)ON=C(c1ccccc1)C(F)(F)F. The standard InChI is InChI=1S/C13H10F3NO4/c1-2-10(18)20-8-11(19)21-17-12(13(14,15)16)9-6-4-3-5-7-9/h2-7H,1,8H2. The Hall–Kier alpha value is -2.64. The maximum atomic E-state index is 12.8. The largest absolute Gasteiger partial charge is 0.450 e. The highest BCUT2D eigenvalue weighted by molar-refractivity contribution is 6.04. The van der Waals surface area contributed by atoms with Gasteiger partial charge in [-0.2, -0.15) is 13.2 Å². The lowest BCUT2D eigenvalue weighted by Crippen LogP contribution is -2.25. The van der Waals surface area contributed by atoms with Gasteiger partial charge in [0.1, 0.15) is 0 Å². The molecule has 0 saturated heterocycles. The summed E-state index contributed by atoms with van der Waals surface area (Å²) in [5, 5.41) is 2.79. The van der Waals surface area contributed by atoms with Crippen LogP contribution in [0, 0.1) is 0 Å². The fraction of sp³-hybridized carbons (Fsp3) is 0.154. The van der Waals surface area contributed by atoms with E-state index in [0.717, 1.165) is 18.2 Å². The van der Waals surface area contributed by atoms with Gasteiger partial charge in [-0.3, -0.25) is 0 Å². The number of rotatable bonds is 5. The zero-order chi connectivity index (χ0) is 15.9. The van der Waals surface area contributed by atoms with Gasteiger partial charge in [-0.05, 0) is 0 Å². The molecule has 1 aromatic carbocycles. The molecule has 0 aromatic heterocycles. The molecule has 0 N–H and O–H groups in total. The summed E-state index contributed by atoms with van der Waals surface area (Å²) in [5.74, 6) is -2.15. The highest BCUT2D eigenvalue weighted by Gasteiger charge is 2.38.